The second-order valence-electron chi connectivity index (χ2n) is 8.27. The normalized spacial score (nSPS) is 17.3. The third-order valence-corrected chi connectivity index (χ3v) is 5.29. The predicted octanol–water partition coefficient (Wildman–Crippen LogP) is 5.34. The Bertz CT molecular complexity index is 776. The van der Waals surface area contributed by atoms with Crippen molar-refractivity contribution < 1.29 is 23.7 Å². The Morgan fingerprint density at radius 1 is 0.586 bits per heavy atom. The van der Waals surface area contributed by atoms with Gasteiger partial charge < -0.3 is 23.7 Å². The molecule has 5 heteroatoms. The third kappa shape index (κ3) is 4.30. The van der Waals surface area contributed by atoms with Gasteiger partial charge in [0.05, 0.1) is 12.2 Å². The molecule has 0 fully saturated rings. The number of ether oxygens (including phenoxy) is 5. The summed E-state index contributed by atoms with van der Waals surface area (Å²) < 4.78 is 29.6. The molecule has 0 aliphatic carbocycles. The molecule has 2 aromatic rings. The zero-order chi connectivity index (χ0) is 20.4. The van der Waals surface area contributed by atoms with E-state index in [0.717, 1.165) is 34.1 Å². The van der Waals surface area contributed by atoms with Crippen LogP contribution in [0.25, 0.3) is 0 Å². The molecule has 2 atom stereocenters. The maximum atomic E-state index is 6.73. The molecule has 2 aromatic carbocycles. The topological polar surface area (TPSA) is 46.2 Å². The summed E-state index contributed by atoms with van der Waals surface area (Å²) in [6.07, 6.45) is -0.127. The molecule has 0 radical (unpaired) electrons. The van der Waals surface area contributed by atoms with E-state index in [0.29, 0.717) is 38.3 Å². The lowest BCUT2D eigenvalue weighted by Gasteiger charge is -2.32. The van der Waals surface area contributed by atoms with Crippen LogP contribution in [0.2, 0.25) is 0 Å². The third-order valence-electron chi connectivity index (χ3n) is 5.29. The molecule has 0 aromatic heterocycles. The van der Waals surface area contributed by atoms with E-state index in [1.807, 2.05) is 12.1 Å². The molecule has 2 aliphatic heterocycles. The van der Waals surface area contributed by atoms with Gasteiger partial charge >= 0.3 is 0 Å². The standard InChI is InChI=1S/C24H30O5/c1-15(2)23(17-5-7-19-21(13-17)27-11-9-25-19)29-24(16(3)4)18-6-8-20-22(14-18)28-12-10-26-20/h5-8,13-16,23-24H,9-12H2,1-4H3. The minimum absolute atomic E-state index is 0.0635. The molecule has 0 spiro atoms. The van der Waals surface area contributed by atoms with Gasteiger partial charge in [-0.3, -0.25) is 0 Å². The highest BCUT2D eigenvalue weighted by Crippen LogP contribution is 2.41. The fourth-order valence-corrected chi connectivity index (χ4v) is 3.87. The second-order valence-corrected chi connectivity index (χ2v) is 8.27. The van der Waals surface area contributed by atoms with Crippen molar-refractivity contribution in [2.45, 2.75) is 39.9 Å². The fraction of sp³-hybridized carbons (Fsp3) is 0.500. The minimum Gasteiger partial charge on any atom is -0.486 e. The Kier molecular flexibility index (Phi) is 5.86. The van der Waals surface area contributed by atoms with E-state index in [1.165, 1.54) is 0 Å². The molecule has 0 saturated heterocycles. The lowest BCUT2D eigenvalue weighted by molar-refractivity contribution is -0.0613. The average Bonchev–Trinajstić information content (AvgIpc) is 2.73. The van der Waals surface area contributed by atoms with Crippen LogP contribution in [-0.2, 0) is 4.74 Å². The van der Waals surface area contributed by atoms with E-state index >= 15 is 0 Å². The Morgan fingerprint density at radius 3 is 1.34 bits per heavy atom. The molecular weight excluding hydrogens is 368 g/mol. The van der Waals surface area contributed by atoms with Gasteiger partial charge in [-0.1, -0.05) is 39.8 Å². The first-order valence-corrected chi connectivity index (χ1v) is 10.5. The number of hydrogen-bond acceptors (Lipinski definition) is 5. The number of fused-ring (bicyclic) bond motifs is 2. The van der Waals surface area contributed by atoms with Crippen molar-refractivity contribution in [3.63, 3.8) is 0 Å². The van der Waals surface area contributed by atoms with Crippen LogP contribution in [0, 0.1) is 11.8 Å². The summed E-state index contributed by atoms with van der Waals surface area (Å²) in [5.74, 6) is 3.79. The highest BCUT2D eigenvalue weighted by molar-refractivity contribution is 5.46. The van der Waals surface area contributed by atoms with Crippen LogP contribution in [0.3, 0.4) is 0 Å². The van der Waals surface area contributed by atoms with Gasteiger partial charge in [-0.05, 0) is 47.2 Å². The van der Waals surface area contributed by atoms with Crippen molar-refractivity contribution in [3.8, 4) is 23.0 Å². The van der Waals surface area contributed by atoms with Crippen LogP contribution < -0.4 is 18.9 Å². The zero-order valence-corrected chi connectivity index (χ0v) is 17.6. The van der Waals surface area contributed by atoms with E-state index in [9.17, 15) is 0 Å². The number of rotatable bonds is 6. The molecule has 2 aliphatic rings. The summed E-state index contributed by atoms with van der Waals surface area (Å²) in [5, 5.41) is 0. The lowest BCUT2D eigenvalue weighted by atomic mass is 9.94. The Hall–Kier alpha value is -2.40. The molecule has 4 rings (SSSR count). The molecule has 0 N–H and O–H groups in total. The van der Waals surface area contributed by atoms with Crippen molar-refractivity contribution in [2.75, 3.05) is 26.4 Å². The van der Waals surface area contributed by atoms with Gasteiger partial charge in [0.2, 0.25) is 0 Å². The highest BCUT2D eigenvalue weighted by atomic mass is 16.6. The van der Waals surface area contributed by atoms with Crippen molar-refractivity contribution in [3.05, 3.63) is 47.5 Å². The highest BCUT2D eigenvalue weighted by Gasteiger charge is 2.27. The number of hydrogen-bond donors (Lipinski definition) is 0. The Labute approximate surface area is 172 Å². The molecule has 29 heavy (non-hydrogen) atoms. The molecule has 0 amide bonds. The Balaban J connectivity index is 1.61. The quantitative estimate of drug-likeness (QED) is 0.657. The van der Waals surface area contributed by atoms with Crippen LogP contribution in [0.15, 0.2) is 36.4 Å². The molecule has 5 nitrogen and oxygen atoms in total. The van der Waals surface area contributed by atoms with Gasteiger partial charge in [0.25, 0.3) is 0 Å². The van der Waals surface area contributed by atoms with E-state index in [1.54, 1.807) is 0 Å². The first-order chi connectivity index (χ1) is 14.0. The molecule has 2 unspecified atom stereocenters. The Morgan fingerprint density at radius 2 is 0.966 bits per heavy atom. The van der Waals surface area contributed by atoms with Crippen molar-refractivity contribution in [1.29, 1.82) is 0 Å². The minimum atomic E-state index is -0.0635. The second kappa shape index (κ2) is 8.54. The summed E-state index contributed by atoms with van der Waals surface area (Å²) in [6.45, 7) is 11.1. The lowest BCUT2D eigenvalue weighted by Crippen LogP contribution is -2.21. The van der Waals surface area contributed by atoms with Crippen molar-refractivity contribution >= 4 is 0 Å². The van der Waals surface area contributed by atoms with E-state index in [-0.39, 0.29) is 12.2 Å². The van der Waals surface area contributed by atoms with Crippen LogP contribution in [0.1, 0.15) is 51.0 Å². The molecular formula is C24H30O5. The van der Waals surface area contributed by atoms with E-state index in [2.05, 4.69) is 52.0 Å². The SMILES string of the molecule is CC(C)C(OC(c1ccc2c(c1)OCCO2)C(C)C)c1ccc2c(c1)OCCO2. The molecule has 2 heterocycles. The molecule has 0 saturated carbocycles. The fourth-order valence-electron chi connectivity index (χ4n) is 3.87. The molecule has 156 valence electrons. The van der Waals surface area contributed by atoms with E-state index in [4.69, 9.17) is 23.7 Å². The smallest absolute Gasteiger partial charge is 0.161 e. The zero-order valence-electron chi connectivity index (χ0n) is 17.6. The molecule has 0 bridgehead atoms. The van der Waals surface area contributed by atoms with Crippen molar-refractivity contribution in [2.24, 2.45) is 11.8 Å². The largest absolute Gasteiger partial charge is 0.486 e. The van der Waals surface area contributed by atoms with Crippen molar-refractivity contribution in [1.82, 2.24) is 0 Å². The summed E-state index contributed by atoms with van der Waals surface area (Å²) in [7, 11) is 0. The number of benzene rings is 2. The first kappa shape index (κ1) is 19.9. The summed E-state index contributed by atoms with van der Waals surface area (Å²) in [6, 6.07) is 12.2. The summed E-state index contributed by atoms with van der Waals surface area (Å²) in [4.78, 5) is 0. The average molecular weight is 398 g/mol. The van der Waals surface area contributed by atoms with Crippen LogP contribution in [0.5, 0.6) is 23.0 Å². The van der Waals surface area contributed by atoms with E-state index < -0.39 is 0 Å². The van der Waals surface area contributed by atoms with Gasteiger partial charge in [-0.2, -0.15) is 0 Å². The van der Waals surface area contributed by atoms with Gasteiger partial charge in [0.15, 0.2) is 23.0 Å². The summed E-state index contributed by atoms with van der Waals surface area (Å²) >= 11 is 0. The van der Waals surface area contributed by atoms with Gasteiger partial charge in [-0.25, -0.2) is 0 Å². The predicted molar refractivity (Wildman–Crippen MR) is 111 cm³/mol. The van der Waals surface area contributed by atoms with Gasteiger partial charge in [-0.15, -0.1) is 0 Å². The summed E-state index contributed by atoms with van der Waals surface area (Å²) in [5.41, 5.74) is 2.21. The maximum absolute atomic E-state index is 6.73. The van der Waals surface area contributed by atoms with Crippen LogP contribution in [-0.4, -0.2) is 26.4 Å². The monoisotopic (exact) mass is 398 g/mol. The van der Waals surface area contributed by atoms with Gasteiger partial charge in [0, 0.05) is 0 Å². The first-order valence-electron chi connectivity index (χ1n) is 10.5. The van der Waals surface area contributed by atoms with Gasteiger partial charge in [0.1, 0.15) is 26.4 Å². The van der Waals surface area contributed by atoms with Crippen LogP contribution >= 0.6 is 0 Å². The van der Waals surface area contributed by atoms with Crippen LogP contribution in [0.4, 0.5) is 0 Å². The maximum Gasteiger partial charge on any atom is 0.161 e.